The van der Waals surface area contributed by atoms with Crippen LogP contribution in [0.1, 0.15) is 0 Å². The fourth-order valence-corrected chi connectivity index (χ4v) is 9.14. The van der Waals surface area contributed by atoms with E-state index in [1.807, 2.05) is 41.7 Å². The third-order valence-electron chi connectivity index (χ3n) is 10.3. The van der Waals surface area contributed by atoms with Crippen LogP contribution >= 0.6 is 11.3 Å². The highest BCUT2D eigenvalue weighted by atomic mass is 32.1. The maximum absolute atomic E-state index is 6.72. The van der Waals surface area contributed by atoms with Gasteiger partial charge in [0, 0.05) is 64.3 Å². The number of pyridine rings is 1. The van der Waals surface area contributed by atoms with Gasteiger partial charge < -0.3 is 4.42 Å². The van der Waals surface area contributed by atoms with Gasteiger partial charge in [0.25, 0.3) is 0 Å². The van der Waals surface area contributed by atoms with Crippen molar-refractivity contribution in [2.24, 2.45) is 0 Å². The van der Waals surface area contributed by atoms with Crippen LogP contribution in [-0.4, -0.2) is 15.0 Å². The van der Waals surface area contributed by atoms with Gasteiger partial charge in [0.05, 0.1) is 22.4 Å². The van der Waals surface area contributed by atoms with Crippen LogP contribution in [0.2, 0.25) is 0 Å². The van der Waals surface area contributed by atoms with E-state index in [4.69, 9.17) is 19.4 Å². The van der Waals surface area contributed by atoms with Gasteiger partial charge >= 0.3 is 0 Å². The average molecular weight is 708 g/mol. The molecule has 4 nitrogen and oxygen atoms in total. The Hall–Kier alpha value is -6.95. The first-order valence-corrected chi connectivity index (χ1v) is 18.8. The Kier molecular flexibility index (Phi) is 7.00. The molecule has 0 bridgehead atoms. The molecule has 0 aliphatic heterocycles. The Morgan fingerprint density at radius 3 is 1.78 bits per heavy atom. The van der Waals surface area contributed by atoms with Crippen molar-refractivity contribution in [1.82, 2.24) is 15.0 Å². The van der Waals surface area contributed by atoms with Gasteiger partial charge in [0.1, 0.15) is 11.2 Å². The van der Waals surface area contributed by atoms with Gasteiger partial charge in [-0.1, -0.05) is 158 Å². The van der Waals surface area contributed by atoms with E-state index in [0.29, 0.717) is 5.82 Å². The van der Waals surface area contributed by atoms with Crippen LogP contribution in [0.15, 0.2) is 180 Å². The van der Waals surface area contributed by atoms with E-state index in [2.05, 4.69) is 146 Å². The molecule has 4 aromatic heterocycles. The summed E-state index contributed by atoms with van der Waals surface area (Å²) >= 11 is 1.82. The molecule has 54 heavy (non-hydrogen) atoms. The van der Waals surface area contributed by atoms with Crippen LogP contribution in [0.5, 0.6) is 0 Å². The van der Waals surface area contributed by atoms with E-state index in [0.717, 1.165) is 98.8 Å². The molecule has 11 aromatic rings. The van der Waals surface area contributed by atoms with Crippen molar-refractivity contribution in [1.29, 1.82) is 0 Å². The van der Waals surface area contributed by atoms with E-state index in [9.17, 15) is 0 Å². The zero-order valence-corrected chi connectivity index (χ0v) is 29.7. The smallest absolute Gasteiger partial charge is 0.160 e. The lowest BCUT2D eigenvalue weighted by Gasteiger charge is -2.12. The predicted molar refractivity (Wildman–Crippen MR) is 225 cm³/mol. The lowest BCUT2D eigenvalue weighted by molar-refractivity contribution is 0.670. The Morgan fingerprint density at radius 2 is 1.00 bits per heavy atom. The third-order valence-corrected chi connectivity index (χ3v) is 11.6. The van der Waals surface area contributed by atoms with E-state index in [1.54, 1.807) is 0 Å². The fourth-order valence-electron chi connectivity index (χ4n) is 7.79. The Labute approximate surface area is 314 Å². The molecule has 4 heterocycles. The number of nitrogens with zero attached hydrogens (tertiary/aromatic N) is 3. The predicted octanol–water partition coefficient (Wildman–Crippen LogP) is 13.6. The number of fused-ring (bicyclic) bond motifs is 7. The molecule has 11 rings (SSSR count). The summed E-state index contributed by atoms with van der Waals surface area (Å²) < 4.78 is 7.92. The van der Waals surface area contributed by atoms with Crippen molar-refractivity contribution in [3.63, 3.8) is 0 Å². The first-order valence-electron chi connectivity index (χ1n) is 18.0. The van der Waals surface area contributed by atoms with Gasteiger partial charge in [-0.25, -0.2) is 15.0 Å². The molecule has 0 atom stereocenters. The van der Waals surface area contributed by atoms with Gasteiger partial charge in [-0.3, -0.25) is 0 Å². The lowest BCUT2D eigenvalue weighted by Crippen LogP contribution is -1.95. The first-order chi connectivity index (χ1) is 26.8. The zero-order chi connectivity index (χ0) is 35.6. The summed E-state index contributed by atoms with van der Waals surface area (Å²) in [6.07, 6.45) is 0. The number of benzene rings is 7. The molecule has 0 radical (unpaired) electrons. The Bertz CT molecular complexity index is 3200. The van der Waals surface area contributed by atoms with Crippen LogP contribution in [0, 0.1) is 0 Å². The minimum atomic E-state index is 0.715. The monoisotopic (exact) mass is 707 g/mol. The number of rotatable bonds is 5. The molecular formula is C49H29N3OS. The molecule has 0 fully saturated rings. The molecule has 0 N–H and O–H groups in total. The van der Waals surface area contributed by atoms with E-state index in [1.165, 1.54) is 4.70 Å². The summed E-state index contributed by atoms with van der Waals surface area (Å²) in [6.45, 7) is 0. The average Bonchev–Trinajstić information content (AvgIpc) is 3.84. The normalized spacial score (nSPS) is 11.7. The second kappa shape index (κ2) is 12.3. The first kappa shape index (κ1) is 30.7. The summed E-state index contributed by atoms with van der Waals surface area (Å²) in [4.78, 5) is 16.6. The second-order valence-corrected chi connectivity index (χ2v) is 14.5. The molecule has 252 valence electrons. The van der Waals surface area contributed by atoms with Gasteiger partial charge in [0.2, 0.25) is 0 Å². The van der Waals surface area contributed by atoms with Crippen molar-refractivity contribution in [2.45, 2.75) is 0 Å². The lowest BCUT2D eigenvalue weighted by atomic mass is 9.93. The standard InChI is InChI=1S/C49H29N3OS/c1-3-14-30(15-4-1)45-43-42(38-22-13-21-35-34-18-9-12-25-41(34)53-46(35)38)47(54-48(43)37-20-8-11-24-40(37)50-45)32-28-26-31(27-29-32)44-36-19-7-10-23-39(36)51-49(52-44)33-16-5-2-6-17-33/h1-29H. The summed E-state index contributed by atoms with van der Waals surface area (Å²) in [5.41, 5.74) is 11.9. The van der Waals surface area contributed by atoms with Crippen LogP contribution < -0.4 is 0 Å². The molecule has 7 aromatic carbocycles. The molecule has 0 saturated carbocycles. The van der Waals surface area contributed by atoms with Crippen molar-refractivity contribution >= 4 is 65.2 Å². The van der Waals surface area contributed by atoms with Crippen LogP contribution in [0.3, 0.4) is 0 Å². The molecule has 0 aliphatic carbocycles. The van der Waals surface area contributed by atoms with Gasteiger partial charge in [-0.2, -0.15) is 0 Å². The summed E-state index contributed by atoms with van der Waals surface area (Å²) in [7, 11) is 0. The molecule has 0 saturated heterocycles. The minimum absolute atomic E-state index is 0.715. The van der Waals surface area contributed by atoms with Crippen molar-refractivity contribution in [3.05, 3.63) is 176 Å². The highest BCUT2D eigenvalue weighted by Gasteiger charge is 2.25. The van der Waals surface area contributed by atoms with E-state index >= 15 is 0 Å². The molecular weight excluding hydrogens is 679 g/mol. The highest BCUT2D eigenvalue weighted by Crippen LogP contribution is 2.52. The topological polar surface area (TPSA) is 51.8 Å². The number of para-hydroxylation sites is 4. The number of thiophene rings is 1. The van der Waals surface area contributed by atoms with Gasteiger partial charge in [-0.05, 0) is 23.8 Å². The van der Waals surface area contributed by atoms with Crippen LogP contribution in [0.25, 0.3) is 109 Å². The zero-order valence-electron chi connectivity index (χ0n) is 28.9. The summed E-state index contributed by atoms with van der Waals surface area (Å²) in [5.74, 6) is 0.715. The van der Waals surface area contributed by atoms with E-state index in [-0.39, 0.29) is 0 Å². The molecule has 0 aliphatic rings. The fraction of sp³-hybridized carbons (Fsp3) is 0. The number of furan rings is 1. The minimum Gasteiger partial charge on any atom is -0.455 e. The SMILES string of the molecule is c1ccc(-c2nc(-c3ccc(-c4sc5c(c(-c6ccccc6)nc6ccccc65)c4-c4cccc5c4oc4ccccc45)cc3)c3ccccc3n2)cc1. The molecule has 0 spiro atoms. The molecule has 0 unspecified atom stereocenters. The highest BCUT2D eigenvalue weighted by molar-refractivity contribution is 7.24. The Balaban J connectivity index is 1.19. The number of hydrogen-bond donors (Lipinski definition) is 0. The largest absolute Gasteiger partial charge is 0.455 e. The van der Waals surface area contributed by atoms with Crippen molar-refractivity contribution in [3.8, 4) is 55.5 Å². The maximum Gasteiger partial charge on any atom is 0.160 e. The van der Waals surface area contributed by atoms with Crippen molar-refractivity contribution in [2.75, 3.05) is 0 Å². The number of aromatic nitrogens is 3. The van der Waals surface area contributed by atoms with Crippen LogP contribution in [0.4, 0.5) is 0 Å². The summed E-state index contributed by atoms with van der Waals surface area (Å²) in [6, 6.07) is 61.1. The van der Waals surface area contributed by atoms with Crippen LogP contribution in [-0.2, 0) is 0 Å². The molecule has 5 heteroatoms. The van der Waals surface area contributed by atoms with Crippen molar-refractivity contribution < 1.29 is 4.42 Å². The van der Waals surface area contributed by atoms with E-state index < -0.39 is 0 Å². The molecule has 0 amide bonds. The third kappa shape index (κ3) is 4.86. The second-order valence-electron chi connectivity index (χ2n) is 13.5. The number of hydrogen-bond acceptors (Lipinski definition) is 5. The maximum atomic E-state index is 6.72. The Morgan fingerprint density at radius 1 is 0.407 bits per heavy atom. The quantitative estimate of drug-likeness (QED) is 0.179. The summed E-state index contributed by atoms with van der Waals surface area (Å²) in [5, 5.41) is 5.50. The van der Waals surface area contributed by atoms with Gasteiger partial charge in [0.15, 0.2) is 5.82 Å². The van der Waals surface area contributed by atoms with Gasteiger partial charge in [-0.15, -0.1) is 11.3 Å².